The van der Waals surface area contributed by atoms with Crippen LogP contribution in [0.3, 0.4) is 0 Å². The van der Waals surface area contributed by atoms with Crippen LogP contribution in [0.25, 0.3) is 0 Å². The predicted octanol–water partition coefficient (Wildman–Crippen LogP) is 4.16. The van der Waals surface area contributed by atoms with Gasteiger partial charge in [0.05, 0.1) is 5.75 Å². The largest absolute Gasteiger partial charge is 0.478 e. The van der Waals surface area contributed by atoms with Crippen molar-refractivity contribution in [2.45, 2.75) is 58.0 Å². The molecular formula is C24H34N2O3S. The van der Waals surface area contributed by atoms with E-state index in [1.54, 1.807) is 6.92 Å². The molecule has 30 heavy (non-hydrogen) atoms. The molecule has 1 heterocycles. The Morgan fingerprint density at radius 2 is 1.80 bits per heavy atom. The molecule has 2 atom stereocenters. The van der Waals surface area contributed by atoms with Crippen molar-refractivity contribution >= 4 is 10.0 Å². The van der Waals surface area contributed by atoms with Crippen molar-refractivity contribution in [3.05, 3.63) is 65.7 Å². The highest BCUT2D eigenvalue weighted by molar-refractivity contribution is 7.89. The number of benzene rings is 2. The summed E-state index contributed by atoms with van der Waals surface area (Å²) in [6.07, 6.45) is 2.57. The van der Waals surface area contributed by atoms with E-state index >= 15 is 0 Å². The molecule has 1 aliphatic heterocycles. The summed E-state index contributed by atoms with van der Waals surface area (Å²) in [5.74, 6) is 1.43. The minimum atomic E-state index is -3.27. The van der Waals surface area contributed by atoms with Crippen molar-refractivity contribution in [2.75, 3.05) is 19.0 Å². The molecule has 6 heteroatoms. The van der Waals surface area contributed by atoms with E-state index in [4.69, 9.17) is 4.74 Å². The first-order valence-corrected chi connectivity index (χ1v) is 12.5. The van der Waals surface area contributed by atoms with Crippen LogP contribution in [-0.4, -0.2) is 44.4 Å². The lowest BCUT2D eigenvalue weighted by Gasteiger charge is -2.41. The van der Waals surface area contributed by atoms with Crippen LogP contribution in [0, 0.1) is 0 Å². The minimum absolute atomic E-state index is 0.0532. The van der Waals surface area contributed by atoms with Gasteiger partial charge in [0.25, 0.3) is 0 Å². The fraction of sp³-hybridized carbons (Fsp3) is 0.500. The summed E-state index contributed by atoms with van der Waals surface area (Å²) in [6.45, 7) is 7.37. The first-order chi connectivity index (χ1) is 14.4. The summed E-state index contributed by atoms with van der Waals surface area (Å²) >= 11 is 0. The number of likely N-dealkylation sites (tertiary alicyclic amines) is 1. The summed E-state index contributed by atoms with van der Waals surface area (Å²) in [5, 5.41) is 0. The molecule has 0 radical (unpaired) electrons. The molecule has 5 nitrogen and oxygen atoms in total. The van der Waals surface area contributed by atoms with Crippen LogP contribution in [0.5, 0.6) is 5.75 Å². The maximum absolute atomic E-state index is 12.3. The van der Waals surface area contributed by atoms with Gasteiger partial charge in [-0.3, -0.25) is 4.90 Å². The summed E-state index contributed by atoms with van der Waals surface area (Å²) in [6, 6.07) is 18.4. The van der Waals surface area contributed by atoms with Crippen LogP contribution in [-0.2, 0) is 16.4 Å². The molecule has 2 aromatic carbocycles. The Kier molecular flexibility index (Phi) is 7.92. The maximum Gasteiger partial charge on any atom is 0.211 e. The van der Waals surface area contributed by atoms with Gasteiger partial charge in [-0.25, -0.2) is 13.1 Å². The highest BCUT2D eigenvalue weighted by Crippen LogP contribution is 2.24. The van der Waals surface area contributed by atoms with Crippen LogP contribution in [0.15, 0.2) is 54.6 Å². The third-order valence-electron chi connectivity index (χ3n) is 5.84. The second-order valence-corrected chi connectivity index (χ2v) is 10.4. The Bertz CT molecular complexity index is 882. The van der Waals surface area contributed by atoms with Gasteiger partial charge in [0.2, 0.25) is 10.0 Å². The Labute approximate surface area is 181 Å². The highest BCUT2D eigenvalue weighted by Gasteiger charge is 2.34. The van der Waals surface area contributed by atoms with Crippen molar-refractivity contribution in [1.29, 1.82) is 0 Å². The third-order valence-corrected chi connectivity index (χ3v) is 7.26. The molecule has 164 valence electrons. The number of nitrogens with one attached hydrogen (secondary N) is 1. The molecule has 1 N–H and O–H groups in total. The van der Waals surface area contributed by atoms with E-state index in [2.05, 4.69) is 47.7 Å². The first kappa shape index (κ1) is 22.8. The van der Waals surface area contributed by atoms with Gasteiger partial charge in [-0.2, -0.15) is 0 Å². The maximum atomic E-state index is 12.3. The van der Waals surface area contributed by atoms with Crippen LogP contribution in [0.4, 0.5) is 0 Å². The molecule has 0 bridgehead atoms. The zero-order valence-corrected chi connectivity index (χ0v) is 19.1. The van der Waals surface area contributed by atoms with Gasteiger partial charge in [0.1, 0.15) is 12.5 Å². The van der Waals surface area contributed by atoms with Crippen LogP contribution >= 0.6 is 0 Å². The summed E-state index contributed by atoms with van der Waals surface area (Å²) in [7, 11) is -3.27. The second kappa shape index (κ2) is 10.4. The van der Waals surface area contributed by atoms with Gasteiger partial charge in [0, 0.05) is 18.6 Å². The van der Waals surface area contributed by atoms with Crippen molar-refractivity contribution in [2.24, 2.45) is 0 Å². The minimum Gasteiger partial charge on any atom is -0.478 e. The molecule has 0 amide bonds. The number of hydrogen-bond acceptors (Lipinski definition) is 4. The predicted molar refractivity (Wildman–Crippen MR) is 122 cm³/mol. The lowest BCUT2D eigenvalue weighted by Crippen LogP contribution is -2.57. The standard InChI is InChI=1S/C24H34N2O3S/c1-4-30(27,28)25-23-11-8-16-26(24(23)17-20-9-6-5-7-10-20)18-29-22-14-12-21(13-15-22)19(2)3/h5-7,9-10,12-15,19,23-25H,4,8,11,16-18H2,1-3H3/t23-,24-/m1/s1. The smallest absolute Gasteiger partial charge is 0.211 e. The zero-order valence-electron chi connectivity index (χ0n) is 18.3. The Hall–Kier alpha value is -1.89. The number of piperidine rings is 1. The van der Waals surface area contributed by atoms with Crippen molar-refractivity contribution in [3.63, 3.8) is 0 Å². The van der Waals surface area contributed by atoms with Gasteiger partial charge in [-0.15, -0.1) is 0 Å². The molecule has 2 aromatic rings. The Morgan fingerprint density at radius 3 is 2.43 bits per heavy atom. The fourth-order valence-electron chi connectivity index (χ4n) is 3.97. The van der Waals surface area contributed by atoms with Crippen LogP contribution in [0.1, 0.15) is 50.7 Å². The number of ether oxygens (including phenoxy) is 1. The normalized spacial score (nSPS) is 20.4. The topological polar surface area (TPSA) is 58.6 Å². The molecule has 0 aromatic heterocycles. The first-order valence-electron chi connectivity index (χ1n) is 10.9. The lowest BCUT2D eigenvalue weighted by atomic mass is 9.92. The van der Waals surface area contributed by atoms with Gasteiger partial charge in [0.15, 0.2) is 0 Å². The second-order valence-electron chi connectivity index (χ2n) is 8.34. The Morgan fingerprint density at radius 1 is 1.10 bits per heavy atom. The fourth-order valence-corrected chi connectivity index (χ4v) is 4.87. The van der Waals surface area contributed by atoms with Crippen molar-refractivity contribution in [1.82, 2.24) is 9.62 Å². The van der Waals surface area contributed by atoms with Gasteiger partial charge < -0.3 is 4.74 Å². The monoisotopic (exact) mass is 430 g/mol. The molecule has 0 unspecified atom stereocenters. The molecule has 3 rings (SSSR count). The van der Waals surface area contributed by atoms with E-state index in [0.29, 0.717) is 12.6 Å². The van der Waals surface area contributed by atoms with Crippen LogP contribution < -0.4 is 9.46 Å². The molecule has 1 saturated heterocycles. The average molecular weight is 431 g/mol. The van der Waals surface area contributed by atoms with Crippen molar-refractivity contribution < 1.29 is 13.2 Å². The van der Waals surface area contributed by atoms with Gasteiger partial charge in [-0.05, 0) is 55.4 Å². The average Bonchev–Trinajstić information content (AvgIpc) is 2.75. The molecule has 0 aliphatic carbocycles. The van der Waals surface area contributed by atoms with E-state index in [9.17, 15) is 8.42 Å². The number of hydrogen-bond donors (Lipinski definition) is 1. The quantitative estimate of drug-likeness (QED) is 0.649. The summed E-state index contributed by atoms with van der Waals surface area (Å²) in [4.78, 5) is 2.27. The third kappa shape index (κ3) is 6.30. The van der Waals surface area contributed by atoms with E-state index in [1.807, 2.05) is 30.3 Å². The molecule has 1 fully saturated rings. The summed E-state index contributed by atoms with van der Waals surface area (Å²) in [5.41, 5.74) is 2.49. The lowest BCUT2D eigenvalue weighted by molar-refractivity contribution is 0.0438. The van der Waals surface area contributed by atoms with Crippen molar-refractivity contribution in [3.8, 4) is 5.75 Å². The molecule has 0 spiro atoms. The van der Waals surface area contributed by atoms with E-state index in [1.165, 1.54) is 11.1 Å². The number of sulfonamides is 1. The van der Waals surface area contributed by atoms with Crippen LogP contribution in [0.2, 0.25) is 0 Å². The number of nitrogens with zero attached hydrogens (tertiary/aromatic N) is 1. The van der Waals surface area contributed by atoms with Gasteiger partial charge >= 0.3 is 0 Å². The molecule has 1 aliphatic rings. The van der Waals surface area contributed by atoms with Gasteiger partial charge in [-0.1, -0.05) is 56.3 Å². The van der Waals surface area contributed by atoms with E-state index in [-0.39, 0.29) is 17.8 Å². The SMILES string of the molecule is CCS(=O)(=O)N[C@@H]1CCCN(COc2ccc(C(C)C)cc2)[C@@H]1Cc1ccccc1. The van der Waals surface area contributed by atoms with E-state index in [0.717, 1.165) is 31.6 Å². The molecule has 0 saturated carbocycles. The van der Waals surface area contributed by atoms with E-state index < -0.39 is 10.0 Å². The summed E-state index contributed by atoms with van der Waals surface area (Å²) < 4.78 is 33.6. The zero-order chi connectivity index (χ0) is 21.6. The molecular weight excluding hydrogens is 396 g/mol. The number of rotatable bonds is 9. The highest BCUT2D eigenvalue weighted by atomic mass is 32.2. The Balaban J connectivity index is 1.73.